The summed E-state index contributed by atoms with van der Waals surface area (Å²) in [6.07, 6.45) is 2.24. The molecule has 114 valence electrons. The zero-order valence-electron chi connectivity index (χ0n) is 12.4. The van der Waals surface area contributed by atoms with Gasteiger partial charge in [0, 0.05) is 12.0 Å². The van der Waals surface area contributed by atoms with Crippen LogP contribution in [-0.2, 0) is 0 Å². The van der Waals surface area contributed by atoms with Gasteiger partial charge in [-0.1, -0.05) is 37.3 Å². The standard InChI is InChI=1S/C16H17N3O3/c1-10(12-6-4-3-5-7-12)11(2)19-15(20)13-8-18-14(9-17-13)16(21)22/h3-11H,1-2H3,(H,19,20)(H,21,22). The van der Waals surface area contributed by atoms with Crippen LogP contribution in [0.25, 0.3) is 0 Å². The van der Waals surface area contributed by atoms with Crippen LogP contribution in [0.3, 0.4) is 0 Å². The van der Waals surface area contributed by atoms with E-state index in [1.807, 2.05) is 44.2 Å². The molecule has 2 N–H and O–H groups in total. The molecule has 0 aliphatic heterocycles. The Bertz CT molecular complexity index is 656. The molecule has 0 spiro atoms. The average molecular weight is 299 g/mol. The Kier molecular flexibility index (Phi) is 4.83. The summed E-state index contributed by atoms with van der Waals surface area (Å²) in [5.74, 6) is -1.42. The maximum atomic E-state index is 12.1. The van der Waals surface area contributed by atoms with E-state index in [4.69, 9.17) is 5.11 Å². The van der Waals surface area contributed by atoms with Crippen LogP contribution in [0.5, 0.6) is 0 Å². The van der Waals surface area contributed by atoms with Crippen LogP contribution in [0.2, 0.25) is 0 Å². The molecule has 1 aromatic heterocycles. The number of hydrogen-bond acceptors (Lipinski definition) is 4. The van der Waals surface area contributed by atoms with Gasteiger partial charge in [0.1, 0.15) is 5.69 Å². The van der Waals surface area contributed by atoms with Gasteiger partial charge in [0.05, 0.1) is 12.4 Å². The van der Waals surface area contributed by atoms with Gasteiger partial charge in [0.15, 0.2) is 5.69 Å². The van der Waals surface area contributed by atoms with Crippen molar-refractivity contribution in [2.45, 2.75) is 25.8 Å². The first kappa shape index (κ1) is 15.6. The van der Waals surface area contributed by atoms with Crippen molar-refractivity contribution in [3.63, 3.8) is 0 Å². The summed E-state index contributed by atoms with van der Waals surface area (Å²) >= 11 is 0. The highest BCUT2D eigenvalue weighted by Gasteiger charge is 2.18. The monoisotopic (exact) mass is 299 g/mol. The van der Waals surface area contributed by atoms with E-state index in [1.54, 1.807) is 0 Å². The zero-order valence-corrected chi connectivity index (χ0v) is 12.4. The number of carboxylic acids is 1. The normalized spacial score (nSPS) is 13.2. The molecule has 6 heteroatoms. The Morgan fingerprint density at radius 2 is 1.64 bits per heavy atom. The quantitative estimate of drug-likeness (QED) is 0.882. The summed E-state index contributed by atoms with van der Waals surface area (Å²) in [5.41, 5.74) is 1.03. The number of nitrogens with zero attached hydrogens (tertiary/aromatic N) is 2. The van der Waals surface area contributed by atoms with Crippen molar-refractivity contribution in [3.05, 3.63) is 59.7 Å². The minimum Gasteiger partial charge on any atom is -0.476 e. The van der Waals surface area contributed by atoms with Crippen molar-refractivity contribution in [2.75, 3.05) is 0 Å². The summed E-state index contributed by atoms with van der Waals surface area (Å²) in [7, 11) is 0. The van der Waals surface area contributed by atoms with E-state index >= 15 is 0 Å². The van der Waals surface area contributed by atoms with Gasteiger partial charge in [-0.25, -0.2) is 14.8 Å². The Hall–Kier alpha value is -2.76. The van der Waals surface area contributed by atoms with Crippen LogP contribution < -0.4 is 5.32 Å². The van der Waals surface area contributed by atoms with Crippen molar-refractivity contribution in [2.24, 2.45) is 0 Å². The molecule has 0 aliphatic rings. The minimum atomic E-state index is -1.18. The van der Waals surface area contributed by atoms with Gasteiger partial charge in [-0.3, -0.25) is 4.79 Å². The molecule has 0 aliphatic carbocycles. The van der Waals surface area contributed by atoms with Crippen LogP contribution in [0.1, 0.15) is 46.3 Å². The Morgan fingerprint density at radius 1 is 1.05 bits per heavy atom. The summed E-state index contributed by atoms with van der Waals surface area (Å²) in [5, 5.41) is 11.6. The highest BCUT2D eigenvalue weighted by molar-refractivity contribution is 5.92. The van der Waals surface area contributed by atoms with Gasteiger partial charge in [-0.05, 0) is 12.5 Å². The van der Waals surface area contributed by atoms with Crippen LogP contribution >= 0.6 is 0 Å². The Balaban J connectivity index is 2.03. The number of carbonyl (C=O) groups excluding carboxylic acids is 1. The summed E-state index contributed by atoms with van der Waals surface area (Å²) in [6.45, 7) is 3.94. The molecule has 0 radical (unpaired) electrons. The number of nitrogens with one attached hydrogen (secondary N) is 1. The van der Waals surface area contributed by atoms with E-state index in [9.17, 15) is 9.59 Å². The van der Waals surface area contributed by atoms with E-state index in [-0.39, 0.29) is 29.3 Å². The zero-order chi connectivity index (χ0) is 16.1. The molecule has 2 unspecified atom stereocenters. The third-order valence-electron chi connectivity index (χ3n) is 3.54. The first-order valence-electron chi connectivity index (χ1n) is 6.90. The first-order valence-corrected chi connectivity index (χ1v) is 6.90. The molecular formula is C16H17N3O3. The van der Waals surface area contributed by atoms with Crippen LogP contribution in [0.4, 0.5) is 0 Å². The van der Waals surface area contributed by atoms with E-state index < -0.39 is 5.97 Å². The van der Waals surface area contributed by atoms with Crippen molar-refractivity contribution in [1.29, 1.82) is 0 Å². The Morgan fingerprint density at radius 3 is 2.18 bits per heavy atom. The van der Waals surface area contributed by atoms with E-state index in [0.717, 1.165) is 11.8 Å². The maximum Gasteiger partial charge on any atom is 0.356 e. The predicted molar refractivity (Wildman–Crippen MR) is 80.8 cm³/mol. The fourth-order valence-corrected chi connectivity index (χ4v) is 2.01. The highest BCUT2D eigenvalue weighted by atomic mass is 16.4. The number of amides is 1. The fourth-order valence-electron chi connectivity index (χ4n) is 2.01. The first-order chi connectivity index (χ1) is 10.5. The van der Waals surface area contributed by atoms with Gasteiger partial charge >= 0.3 is 5.97 Å². The topological polar surface area (TPSA) is 92.2 Å². The average Bonchev–Trinajstić information content (AvgIpc) is 2.54. The molecule has 2 atom stereocenters. The molecule has 0 saturated heterocycles. The number of carbonyl (C=O) groups is 2. The number of rotatable bonds is 5. The second-order valence-electron chi connectivity index (χ2n) is 5.05. The third kappa shape index (κ3) is 3.66. The van der Waals surface area contributed by atoms with E-state index in [1.165, 1.54) is 6.20 Å². The van der Waals surface area contributed by atoms with Crippen LogP contribution in [0, 0.1) is 0 Å². The summed E-state index contributed by atoms with van der Waals surface area (Å²) in [4.78, 5) is 30.3. The number of benzene rings is 1. The number of aromatic nitrogens is 2. The fraction of sp³-hybridized carbons (Fsp3) is 0.250. The molecule has 6 nitrogen and oxygen atoms in total. The molecule has 2 aromatic rings. The summed E-state index contributed by atoms with van der Waals surface area (Å²) in [6, 6.07) is 9.77. The maximum absolute atomic E-state index is 12.1. The number of hydrogen-bond donors (Lipinski definition) is 2. The second-order valence-corrected chi connectivity index (χ2v) is 5.05. The van der Waals surface area contributed by atoms with Crippen molar-refractivity contribution in [1.82, 2.24) is 15.3 Å². The lowest BCUT2D eigenvalue weighted by Crippen LogP contribution is -2.36. The molecule has 0 fully saturated rings. The number of carboxylic acid groups (broad SMARTS) is 1. The van der Waals surface area contributed by atoms with Gasteiger partial charge in [0.25, 0.3) is 5.91 Å². The number of aromatic carboxylic acids is 1. The third-order valence-corrected chi connectivity index (χ3v) is 3.54. The van der Waals surface area contributed by atoms with E-state index in [2.05, 4.69) is 15.3 Å². The van der Waals surface area contributed by atoms with Crippen LogP contribution in [0.15, 0.2) is 42.7 Å². The largest absolute Gasteiger partial charge is 0.476 e. The molecule has 1 amide bonds. The van der Waals surface area contributed by atoms with Gasteiger partial charge in [-0.2, -0.15) is 0 Å². The molecule has 0 bridgehead atoms. The SMILES string of the molecule is CC(NC(=O)c1cnc(C(=O)O)cn1)C(C)c1ccccc1. The van der Waals surface area contributed by atoms with Crippen molar-refractivity contribution >= 4 is 11.9 Å². The van der Waals surface area contributed by atoms with Crippen molar-refractivity contribution in [3.8, 4) is 0 Å². The van der Waals surface area contributed by atoms with Gasteiger partial charge in [-0.15, -0.1) is 0 Å². The van der Waals surface area contributed by atoms with E-state index in [0.29, 0.717) is 0 Å². The van der Waals surface area contributed by atoms with Crippen LogP contribution in [-0.4, -0.2) is 33.0 Å². The molecular weight excluding hydrogens is 282 g/mol. The minimum absolute atomic E-state index is 0.0945. The highest BCUT2D eigenvalue weighted by Crippen LogP contribution is 2.18. The molecule has 0 saturated carbocycles. The molecule has 22 heavy (non-hydrogen) atoms. The lowest BCUT2D eigenvalue weighted by atomic mass is 9.94. The molecule has 2 rings (SSSR count). The second kappa shape index (κ2) is 6.80. The smallest absolute Gasteiger partial charge is 0.356 e. The van der Waals surface area contributed by atoms with Gasteiger partial charge < -0.3 is 10.4 Å². The lowest BCUT2D eigenvalue weighted by molar-refractivity contribution is 0.0689. The predicted octanol–water partition coefficient (Wildman–Crippen LogP) is 2.10. The van der Waals surface area contributed by atoms with Crippen molar-refractivity contribution < 1.29 is 14.7 Å². The Labute approximate surface area is 128 Å². The summed E-state index contributed by atoms with van der Waals surface area (Å²) < 4.78 is 0. The molecule has 1 heterocycles. The molecule has 1 aromatic carbocycles. The van der Waals surface area contributed by atoms with Gasteiger partial charge in [0.2, 0.25) is 0 Å². The lowest BCUT2D eigenvalue weighted by Gasteiger charge is -2.21.